The molecule has 15 nitrogen and oxygen atoms in total. The van der Waals surface area contributed by atoms with Crippen LogP contribution in [0.3, 0.4) is 0 Å². The third kappa shape index (κ3) is 11.0. The largest absolute Gasteiger partial charge is 0.549 e. The van der Waals surface area contributed by atoms with Crippen LogP contribution in [0.25, 0.3) is 0 Å². The van der Waals surface area contributed by atoms with Crippen LogP contribution in [-0.4, -0.2) is 56.2 Å². The van der Waals surface area contributed by atoms with Crippen molar-refractivity contribution in [3.8, 4) is 0 Å². The normalized spacial score (nSPS) is 10.3. The molecule has 0 aliphatic rings. The average molecular weight is 612 g/mol. The predicted octanol–water partition coefficient (Wildman–Crippen LogP) is 4.77. The van der Waals surface area contributed by atoms with E-state index in [-0.39, 0.29) is 16.7 Å². The molecule has 15 heteroatoms. The van der Waals surface area contributed by atoms with E-state index in [4.69, 9.17) is 14.2 Å². The lowest BCUT2D eigenvalue weighted by Gasteiger charge is -2.26. The van der Waals surface area contributed by atoms with Gasteiger partial charge in [-0.1, -0.05) is 54.6 Å². The van der Waals surface area contributed by atoms with Crippen LogP contribution in [0, 0.1) is 5.41 Å². The summed E-state index contributed by atoms with van der Waals surface area (Å²) in [5.41, 5.74) is -1.27. The molecule has 0 atom stereocenters. The van der Waals surface area contributed by atoms with Gasteiger partial charge in [-0.05, 0) is 43.3 Å². The number of carbonyl (C=O) groups is 6. The highest BCUT2D eigenvalue weighted by atomic mass is 17.2. The smallest absolute Gasteiger partial charge is 0.431 e. The molecular weight excluding hydrogens is 588 g/mol. The molecule has 0 spiro atoms. The maximum absolute atomic E-state index is 12.0. The van der Waals surface area contributed by atoms with Crippen molar-refractivity contribution in [1.29, 1.82) is 0 Å². The van der Waals surface area contributed by atoms with Gasteiger partial charge in [-0.2, -0.15) is 14.4 Å². The third-order valence-corrected chi connectivity index (χ3v) is 5.20. The molecule has 0 saturated carbocycles. The van der Waals surface area contributed by atoms with Gasteiger partial charge in [0.2, 0.25) is 0 Å². The summed E-state index contributed by atoms with van der Waals surface area (Å²) < 4.78 is 14.7. The molecule has 3 aromatic carbocycles. The monoisotopic (exact) mass is 612 g/mol. The van der Waals surface area contributed by atoms with Gasteiger partial charge in [0.15, 0.2) is 0 Å². The first kappa shape index (κ1) is 32.4. The van der Waals surface area contributed by atoms with Crippen LogP contribution in [0.2, 0.25) is 0 Å². The topological polar surface area (TPSA) is 185 Å². The first-order chi connectivity index (χ1) is 21.1. The highest BCUT2D eigenvalue weighted by Crippen LogP contribution is 2.20. The molecule has 44 heavy (non-hydrogen) atoms. The Hall–Kier alpha value is -6.12. The van der Waals surface area contributed by atoms with E-state index in [0.717, 1.165) is 0 Å². The zero-order valence-electron chi connectivity index (χ0n) is 22.9. The fourth-order valence-corrected chi connectivity index (χ4v) is 2.98. The van der Waals surface area contributed by atoms with Crippen LogP contribution >= 0.6 is 0 Å². The molecule has 3 aromatic rings. The molecule has 3 rings (SSSR count). The van der Waals surface area contributed by atoms with Gasteiger partial charge < -0.3 is 14.2 Å². The number of carbonyl (C=O) groups excluding carboxylic acids is 6. The third-order valence-electron chi connectivity index (χ3n) is 5.20. The zero-order chi connectivity index (χ0) is 31.8. The molecule has 0 aliphatic heterocycles. The van der Waals surface area contributed by atoms with Crippen LogP contribution in [0.1, 0.15) is 38.0 Å². The summed E-state index contributed by atoms with van der Waals surface area (Å²) in [7, 11) is 0. The average Bonchev–Trinajstić information content (AvgIpc) is 3.07. The molecule has 0 N–H and O–H groups in total. The summed E-state index contributed by atoms with van der Waals surface area (Å²) in [5, 5.41) is 0. The predicted molar refractivity (Wildman–Crippen MR) is 141 cm³/mol. The van der Waals surface area contributed by atoms with Crippen molar-refractivity contribution in [3.63, 3.8) is 0 Å². The van der Waals surface area contributed by atoms with E-state index in [1.165, 1.54) is 43.3 Å². The second-order valence-electron chi connectivity index (χ2n) is 8.89. The second kappa shape index (κ2) is 16.4. The summed E-state index contributed by atoms with van der Waals surface area (Å²) >= 11 is 0. The lowest BCUT2D eigenvalue weighted by atomic mass is 9.94. The van der Waals surface area contributed by atoms with E-state index in [0.29, 0.717) is 0 Å². The van der Waals surface area contributed by atoms with Crippen LogP contribution < -0.4 is 0 Å². The molecule has 0 unspecified atom stereocenters. The first-order valence-electron chi connectivity index (χ1n) is 12.5. The van der Waals surface area contributed by atoms with E-state index in [9.17, 15) is 28.8 Å². The van der Waals surface area contributed by atoms with Crippen molar-refractivity contribution in [2.45, 2.75) is 6.92 Å². The Morgan fingerprint density at radius 3 is 0.932 bits per heavy atom. The molecule has 0 aromatic heterocycles. The van der Waals surface area contributed by atoms with Crippen molar-refractivity contribution < 1.29 is 72.3 Å². The molecule has 0 aliphatic carbocycles. The van der Waals surface area contributed by atoms with Gasteiger partial charge in [-0.3, -0.25) is 0 Å². The number of rotatable bonds is 9. The summed E-state index contributed by atoms with van der Waals surface area (Å²) in [6.07, 6.45) is -4.42. The van der Waals surface area contributed by atoms with Crippen molar-refractivity contribution >= 4 is 36.4 Å². The first-order valence-corrected chi connectivity index (χ1v) is 12.5. The van der Waals surface area contributed by atoms with Crippen LogP contribution in [0.4, 0.5) is 14.4 Å². The minimum absolute atomic E-state index is 0.0879. The SMILES string of the molecule is CC(COC(=O)OOC(=O)c1ccccc1)(COC(=O)OOC(=O)c1ccccc1)COC(=O)OOC(=O)c1ccccc1. The Labute approximate surface area is 248 Å². The standard InChI is InChI=1S/C29H24O15/c1-29(17-36-26(33)42-39-23(30)20-11-5-2-6-12-20,18-37-27(34)43-40-24(31)21-13-7-3-8-14-21)19-38-28(35)44-41-25(32)22-15-9-4-10-16-22/h2-16H,17-19H2,1H3. The lowest BCUT2D eigenvalue weighted by Crippen LogP contribution is -2.37. The van der Waals surface area contributed by atoms with Crippen LogP contribution in [0.5, 0.6) is 0 Å². The second-order valence-corrected chi connectivity index (χ2v) is 8.89. The van der Waals surface area contributed by atoms with Gasteiger partial charge >= 0.3 is 36.4 Å². The van der Waals surface area contributed by atoms with Crippen LogP contribution in [0.15, 0.2) is 91.0 Å². The molecule has 0 heterocycles. The van der Waals surface area contributed by atoms with E-state index >= 15 is 0 Å². The summed E-state index contributed by atoms with van der Waals surface area (Å²) in [4.78, 5) is 98.1. The molecular formula is C29H24O15. The van der Waals surface area contributed by atoms with Gasteiger partial charge in [-0.15, -0.1) is 0 Å². The molecule has 230 valence electrons. The van der Waals surface area contributed by atoms with Crippen LogP contribution in [-0.2, 0) is 43.5 Å². The van der Waals surface area contributed by atoms with Gasteiger partial charge in [0.05, 0.1) is 22.1 Å². The van der Waals surface area contributed by atoms with Gasteiger partial charge in [0, 0.05) is 0 Å². The maximum Gasteiger partial charge on any atom is 0.549 e. The Balaban J connectivity index is 1.52. The minimum Gasteiger partial charge on any atom is -0.431 e. The highest BCUT2D eigenvalue weighted by molar-refractivity contribution is 5.90. The number of benzene rings is 3. The van der Waals surface area contributed by atoms with Crippen molar-refractivity contribution in [1.82, 2.24) is 0 Å². The van der Waals surface area contributed by atoms with Gasteiger partial charge in [0.25, 0.3) is 0 Å². The highest BCUT2D eigenvalue weighted by Gasteiger charge is 2.33. The summed E-state index contributed by atoms with van der Waals surface area (Å²) in [6, 6.07) is 22.8. The summed E-state index contributed by atoms with van der Waals surface area (Å²) in [5.74, 6) is -2.97. The molecule has 0 bridgehead atoms. The zero-order valence-corrected chi connectivity index (χ0v) is 22.9. The molecule has 0 radical (unpaired) electrons. The number of ether oxygens (including phenoxy) is 3. The minimum atomic E-state index is -1.53. The van der Waals surface area contributed by atoms with Gasteiger partial charge in [0.1, 0.15) is 19.8 Å². The van der Waals surface area contributed by atoms with E-state index in [2.05, 4.69) is 29.3 Å². The van der Waals surface area contributed by atoms with E-state index in [1.54, 1.807) is 54.6 Å². The fraction of sp³-hybridized carbons (Fsp3) is 0.172. The molecule has 0 amide bonds. The molecule has 0 saturated heterocycles. The van der Waals surface area contributed by atoms with Crippen molar-refractivity contribution in [2.24, 2.45) is 5.41 Å². The Morgan fingerprint density at radius 1 is 0.432 bits per heavy atom. The Bertz CT molecular complexity index is 1250. The number of hydrogen-bond acceptors (Lipinski definition) is 15. The lowest BCUT2D eigenvalue weighted by molar-refractivity contribution is -0.216. The summed E-state index contributed by atoms with van der Waals surface area (Å²) in [6.45, 7) is -0.669. The maximum atomic E-state index is 12.0. The Kier molecular flexibility index (Phi) is 12.0. The fourth-order valence-electron chi connectivity index (χ4n) is 2.98. The molecule has 0 fully saturated rings. The Morgan fingerprint density at radius 2 is 0.682 bits per heavy atom. The number of hydrogen-bond donors (Lipinski definition) is 0. The van der Waals surface area contributed by atoms with Crippen molar-refractivity contribution in [3.05, 3.63) is 108 Å². The van der Waals surface area contributed by atoms with E-state index in [1.807, 2.05) is 0 Å². The van der Waals surface area contributed by atoms with Crippen molar-refractivity contribution in [2.75, 3.05) is 19.8 Å². The quantitative estimate of drug-likeness (QED) is 0.139. The van der Waals surface area contributed by atoms with Gasteiger partial charge in [-0.25, -0.2) is 43.7 Å². The van der Waals surface area contributed by atoms with E-state index < -0.39 is 61.6 Å².